The first-order valence-electron chi connectivity index (χ1n) is 13.9. The van der Waals surface area contributed by atoms with Gasteiger partial charge in [0.15, 0.2) is 0 Å². The highest BCUT2D eigenvalue weighted by Gasteiger charge is 2.46. The first-order chi connectivity index (χ1) is 19.3. The number of aryl methyl sites for hydroxylation is 1. The second-order valence-electron chi connectivity index (χ2n) is 12.0. The molecule has 1 saturated heterocycles. The quantitative estimate of drug-likeness (QED) is 0.467. The van der Waals surface area contributed by atoms with Crippen molar-refractivity contribution in [3.8, 4) is 5.88 Å². The molecule has 0 bridgehead atoms. The summed E-state index contributed by atoms with van der Waals surface area (Å²) >= 11 is 0. The number of nitrogens with zero attached hydrogens (tertiary/aromatic N) is 3. The lowest BCUT2D eigenvalue weighted by molar-refractivity contribution is -0.133. The maximum atomic E-state index is 13.9. The molecule has 41 heavy (non-hydrogen) atoms. The molecular formula is C29H36N4O7S. The maximum Gasteiger partial charge on any atom is 0.411 e. The van der Waals surface area contributed by atoms with Crippen LogP contribution in [0.3, 0.4) is 0 Å². The lowest BCUT2D eigenvalue weighted by Gasteiger charge is -2.30. The Morgan fingerprint density at radius 3 is 2.51 bits per heavy atom. The molecule has 0 radical (unpaired) electrons. The van der Waals surface area contributed by atoms with Crippen LogP contribution in [0.25, 0.3) is 10.8 Å². The van der Waals surface area contributed by atoms with E-state index < -0.39 is 45.0 Å². The van der Waals surface area contributed by atoms with Gasteiger partial charge in [0.1, 0.15) is 17.7 Å². The number of benzene rings is 1. The van der Waals surface area contributed by atoms with Gasteiger partial charge in [0.25, 0.3) is 5.91 Å². The van der Waals surface area contributed by atoms with Crippen molar-refractivity contribution < 1.29 is 32.3 Å². The van der Waals surface area contributed by atoms with Gasteiger partial charge in [-0.1, -0.05) is 17.7 Å². The smallest absolute Gasteiger partial charge is 0.411 e. The van der Waals surface area contributed by atoms with E-state index in [2.05, 4.69) is 4.98 Å². The molecule has 2 saturated carbocycles. The number of carbonyl (C=O) groups excluding carboxylic acids is 3. The molecule has 2 aliphatic carbocycles. The first kappa shape index (κ1) is 28.8. The average molecular weight is 585 g/mol. The van der Waals surface area contributed by atoms with Crippen molar-refractivity contribution in [2.24, 2.45) is 0 Å². The van der Waals surface area contributed by atoms with Crippen LogP contribution >= 0.6 is 0 Å². The number of aromatic nitrogens is 1. The largest absolute Gasteiger partial charge is 0.472 e. The Kier molecular flexibility index (Phi) is 7.71. The minimum absolute atomic E-state index is 0.109. The van der Waals surface area contributed by atoms with Gasteiger partial charge in [0.05, 0.1) is 11.8 Å². The SMILES string of the molecule is Cc1ccc2ccnc(OC3CC(C(=O)N(C=CC(=O)NS(=O)(=O)C4CC4)C4CC4)N(C(=O)OC(C)(C)C)C3)c2c1. The van der Waals surface area contributed by atoms with Crippen molar-refractivity contribution in [3.05, 3.63) is 48.3 Å². The number of hydrogen-bond donors (Lipinski definition) is 1. The first-order valence-corrected chi connectivity index (χ1v) is 15.4. The van der Waals surface area contributed by atoms with Crippen molar-refractivity contribution in [3.63, 3.8) is 0 Å². The van der Waals surface area contributed by atoms with Crippen LogP contribution in [0.15, 0.2) is 42.7 Å². The van der Waals surface area contributed by atoms with Gasteiger partial charge in [-0.15, -0.1) is 0 Å². The number of rotatable bonds is 8. The molecule has 220 valence electrons. The minimum Gasteiger partial charge on any atom is -0.472 e. The Bertz CT molecular complexity index is 1490. The Morgan fingerprint density at radius 2 is 1.85 bits per heavy atom. The molecule has 5 rings (SSSR count). The van der Waals surface area contributed by atoms with E-state index in [1.165, 1.54) is 16.0 Å². The molecular weight excluding hydrogens is 548 g/mol. The number of hydrogen-bond acceptors (Lipinski definition) is 8. The molecule has 2 atom stereocenters. The number of fused-ring (bicyclic) bond motifs is 1. The fourth-order valence-corrected chi connectivity index (χ4v) is 6.10. The topological polar surface area (TPSA) is 135 Å². The highest BCUT2D eigenvalue weighted by atomic mass is 32.2. The van der Waals surface area contributed by atoms with E-state index in [0.717, 1.165) is 35.3 Å². The molecule has 1 aliphatic heterocycles. The Balaban J connectivity index is 1.36. The molecule has 2 unspecified atom stereocenters. The van der Waals surface area contributed by atoms with Gasteiger partial charge in [-0.2, -0.15) is 0 Å². The van der Waals surface area contributed by atoms with Gasteiger partial charge in [-0.3, -0.25) is 14.5 Å². The zero-order valence-electron chi connectivity index (χ0n) is 23.7. The summed E-state index contributed by atoms with van der Waals surface area (Å²) in [5, 5.41) is 1.25. The third-order valence-electron chi connectivity index (χ3n) is 7.13. The molecule has 0 spiro atoms. The lowest BCUT2D eigenvalue weighted by atomic mass is 10.1. The second-order valence-corrected chi connectivity index (χ2v) is 13.9. The summed E-state index contributed by atoms with van der Waals surface area (Å²) in [6, 6.07) is 6.81. The van der Waals surface area contributed by atoms with Gasteiger partial charge >= 0.3 is 6.09 Å². The summed E-state index contributed by atoms with van der Waals surface area (Å²) in [7, 11) is -3.71. The summed E-state index contributed by atoms with van der Waals surface area (Å²) in [5.74, 6) is -0.787. The van der Waals surface area contributed by atoms with Crippen LogP contribution in [0.1, 0.15) is 58.4 Å². The Morgan fingerprint density at radius 1 is 1.12 bits per heavy atom. The molecule has 3 amide bonds. The van der Waals surface area contributed by atoms with Crippen LogP contribution in [0.4, 0.5) is 4.79 Å². The number of likely N-dealkylation sites (tertiary alicyclic amines) is 1. The molecule has 1 aromatic carbocycles. The molecule has 3 fully saturated rings. The monoisotopic (exact) mass is 584 g/mol. The normalized spacial score (nSPS) is 21.2. The zero-order valence-corrected chi connectivity index (χ0v) is 24.5. The third kappa shape index (κ3) is 6.98. The number of amides is 3. The van der Waals surface area contributed by atoms with Gasteiger partial charge in [0.2, 0.25) is 21.8 Å². The summed E-state index contributed by atoms with van der Waals surface area (Å²) in [4.78, 5) is 46.7. The number of sulfonamides is 1. The predicted octanol–water partition coefficient (Wildman–Crippen LogP) is 3.41. The Hall–Kier alpha value is -3.67. The van der Waals surface area contributed by atoms with E-state index in [1.807, 2.05) is 35.9 Å². The van der Waals surface area contributed by atoms with Gasteiger partial charge in [-0.05, 0) is 70.9 Å². The summed E-state index contributed by atoms with van der Waals surface area (Å²) < 4.78 is 38.2. The number of nitrogens with one attached hydrogen (secondary N) is 1. The second kappa shape index (κ2) is 11.0. The van der Waals surface area contributed by atoms with Crippen LogP contribution < -0.4 is 9.46 Å². The molecule has 2 heterocycles. The number of pyridine rings is 1. The van der Waals surface area contributed by atoms with Crippen molar-refractivity contribution in [2.45, 2.75) is 88.8 Å². The summed E-state index contributed by atoms with van der Waals surface area (Å²) in [6.45, 7) is 7.34. The van der Waals surface area contributed by atoms with Crippen molar-refractivity contribution in [2.75, 3.05) is 6.54 Å². The third-order valence-corrected chi connectivity index (χ3v) is 8.96. The lowest BCUT2D eigenvalue weighted by Crippen LogP contribution is -2.48. The summed E-state index contributed by atoms with van der Waals surface area (Å²) in [6.07, 6.45) is 5.56. The molecule has 1 N–H and O–H groups in total. The zero-order chi connectivity index (χ0) is 29.5. The maximum absolute atomic E-state index is 13.9. The van der Waals surface area contributed by atoms with Gasteiger partial charge < -0.3 is 14.4 Å². The van der Waals surface area contributed by atoms with Crippen molar-refractivity contribution >= 4 is 38.7 Å². The highest BCUT2D eigenvalue weighted by Crippen LogP contribution is 2.33. The van der Waals surface area contributed by atoms with E-state index in [9.17, 15) is 22.8 Å². The average Bonchev–Trinajstić information content (AvgIpc) is 3.80. The fourth-order valence-electron chi connectivity index (χ4n) is 4.83. The molecule has 11 nitrogen and oxygen atoms in total. The summed E-state index contributed by atoms with van der Waals surface area (Å²) in [5.41, 5.74) is 0.269. The standard InChI is InChI=1S/C29H36N4O7S/c1-18-5-6-19-11-13-30-26(23(19)15-18)39-21-16-24(33(17-21)28(36)40-29(2,3)4)27(35)32(20-7-8-20)14-12-25(34)31-41(37,38)22-9-10-22/h5-6,11-15,20-22,24H,7-10,16-17H2,1-4H3,(H,31,34). The molecule has 3 aliphatic rings. The van der Waals surface area contributed by atoms with Crippen molar-refractivity contribution in [1.29, 1.82) is 0 Å². The van der Waals surface area contributed by atoms with E-state index in [4.69, 9.17) is 9.47 Å². The van der Waals surface area contributed by atoms with Crippen molar-refractivity contribution in [1.82, 2.24) is 19.5 Å². The number of ether oxygens (including phenoxy) is 2. The van der Waals surface area contributed by atoms with Crippen LogP contribution in [0, 0.1) is 6.92 Å². The minimum atomic E-state index is -3.71. The molecule has 1 aromatic heterocycles. The molecule has 12 heteroatoms. The van der Waals surface area contributed by atoms with E-state index >= 15 is 0 Å². The van der Waals surface area contributed by atoms with Crippen LogP contribution in [-0.2, 0) is 24.3 Å². The van der Waals surface area contributed by atoms with Crippen LogP contribution in [0.5, 0.6) is 5.88 Å². The van der Waals surface area contributed by atoms with Crippen LogP contribution in [0.2, 0.25) is 0 Å². The Labute approximate surface area is 239 Å². The van der Waals surface area contributed by atoms with Crippen LogP contribution in [-0.4, -0.2) is 76.7 Å². The van der Waals surface area contributed by atoms with E-state index in [0.29, 0.717) is 18.7 Å². The van der Waals surface area contributed by atoms with E-state index in [-0.39, 0.29) is 24.9 Å². The number of carbonyl (C=O) groups is 3. The van der Waals surface area contributed by atoms with E-state index in [1.54, 1.807) is 27.0 Å². The highest BCUT2D eigenvalue weighted by molar-refractivity contribution is 7.91. The van der Waals surface area contributed by atoms with Gasteiger partial charge in [0, 0.05) is 36.3 Å². The predicted molar refractivity (Wildman–Crippen MR) is 151 cm³/mol. The molecule has 2 aromatic rings. The van der Waals surface area contributed by atoms with Gasteiger partial charge in [-0.25, -0.2) is 22.9 Å². The fraction of sp³-hybridized carbons (Fsp3) is 0.517.